The Morgan fingerprint density at radius 2 is 2.00 bits per heavy atom. The summed E-state index contributed by atoms with van der Waals surface area (Å²) in [5, 5.41) is 0.182. The van der Waals surface area contributed by atoms with E-state index in [9.17, 15) is 0 Å². The zero-order chi connectivity index (χ0) is 12.8. The summed E-state index contributed by atoms with van der Waals surface area (Å²) in [6, 6.07) is 0.286. The van der Waals surface area contributed by atoms with Gasteiger partial charge in [-0.05, 0) is 37.8 Å². The van der Waals surface area contributed by atoms with Crippen LogP contribution >= 0.6 is 11.6 Å². The van der Waals surface area contributed by atoms with Crippen molar-refractivity contribution < 1.29 is 4.74 Å². The van der Waals surface area contributed by atoms with Crippen LogP contribution in [0.15, 0.2) is 12.2 Å². The Hall–Kier alpha value is -1.36. The molecule has 1 fully saturated rings. The Kier molecular flexibility index (Phi) is 4.75. The molecule has 2 heterocycles. The summed E-state index contributed by atoms with van der Waals surface area (Å²) < 4.78 is 5.40. The standard InChI is InChI=1S/C12H17ClN4O/c1-2-3-9-18-12-15-10(13)14-11(16-12)17-7-5-4-6-8-17/h2-3H,4-9H2,1H3. The van der Waals surface area contributed by atoms with Gasteiger partial charge in [0.15, 0.2) is 0 Å². The molecule has 1 saturated heterocycles. The van der Waals surface area contributed by atoms with E-state index >= 15 is 0 Å². The van der Waals surface area contributed by atoms with Crippen LogP contribution in [0.3, 0.4) is 0 Å². The number of ether oxygens (including phenoxy) is 1. The van der Waals surface area contributed by atoms with Crippen molar-refractivity contribution in [1.82, 2.24) is 15.0 Å². The van der Waals surface area contributed by atoms with Crippen LogP contribution in [0.25, 0.3) is 0 Å². The summed E-state index contributed by atoms with van der Waals surface area (Å²) in [6.45, 7) is 4.31. The lowest BCUT2D eigenvalue weighted by atomic mass is 10.1. The second kappa shape index (κ2) is 6.54. The van der Waals surface area contributed by atoms with Crippen LogP contribution in [0.2, 0.25) is 5.28 Å². The molecule has 0 unspecified atom stereocenters. The summed E-state index contributed by atoms with van der Waals surface area (Å²) in [7, 11) is 0. The van der Waals surface area contributed by atoms with Crippen LogP contribution < -0.4 is 9.64 Å². The van der Waals surface area contributed by atoms with Gasteiger partial charge in [0.2, 0.25) is 11.2 Å². The number of hydrogen-bond donors (Lipinski definition) is 0. The van der Waals surface area contributed by atoms with Gasteiger partial charge in [0.1, 0.15) is 6.61 Å². The van der Waals surface area contributed by atoms with E-state index in [1.165, 1.54) is 6.42 Å². The van der Waals surface area contributed by atoms with Gasteiger partial charge < -0.3 is 9.64 Å². The number of aromatic nitrogens is 3. The van der Waals surface area contributed by atoms with E-state index in [2.05, 4.69) is 19.9 Å². The summed E-state index contributed by atoms with van der Waals surface area (Å²) in [5.41, 5.74) is 0. The minimum atomic E-state index is 0.182. The first-order chi connectivity index (χ1) is 8.79. The van der Waals surface area contributed by atoms with E-state index in [-0.39, 0.29) is 11.3 Å². The molecule has 0 atom stereocenters. The van der Waals surface area contributed by atoms with Crippen molar-refractivity contribution in [2.75, 3.05) is 24.6 Å². The van der Waals surface area contributed by atoms with Crippen LogP contribution in [-0.2, 0) is 0 Å². The first-order valence-corrected chi connectivity index (χ1v) is 6.58. The molecule has 1 aliphatic heterocycles. The number of piperidine rings is 1. The maximum Gasteiger partial charge on any atom is 0.322 e. The fourth-order valence-electron chi connectivity index (χ4n) is 1.84. The molecule has 0 aliphatic carbocycles. The van der Waals surface area contributed by atoms with Crippen molar-refractivity contribution in [2.45, 2.75) is 26.2 Å². The minimum Gasteiger partial charge on any atom is -0.459 e. The molecule has 0 radical (unpaired) electrons. The number of nitrogens with zero attached hydrogens (tertiary/aromatic N) is 4. The fraction of sp³-hybridized carbons (Fsp3) is 0.583. The number of allylic oxidation sites excluding steroid dienone is 1. The average Bonchev–Trinajstić information content (AvgIpc) is 2.39. The Morgan fingerprint density at radius 3 is 2.72 bits per heavy atom. The molecule has 0 aromatic carbocycles. The molecule has 1 aromatic rings. The Labute approximate surface area is 112 Å². The van der Waals surface area contributed by atoms with Crippen LogP contribution in [0.1, 0.15) is 26.2 Å². The van der Waals surface area contributed by atoms with E-state index in [0.29, 0.717) is 12.6 Å². The van der Waals surface area contributed by atoms with Gasteiger partial charge in [0, 0.05) is 13.1 Å². The monoisotopic (exact) mass is 268 g/mol. The molecule has 0 N–H and O–H groups in total. The Balaban J connectivity index is 2.09. The second-order valence-corrected chi connectivity index (χ2v) is 4.45. The molecule has 98 valence electrons. The molecule has 0 amide bonds. The summed E-state index contributed by atoms with van der Waals surface area (Å²) in [5.74, 6) is 0.616. The third kappa shape index (κ3) is 3.57. The van der Waals surface area contributed by atoms with Crippen LogP contribution in [0.5, 0.6) is 6.01 Å². The lowest BCUT2D eigenvalue weighted by Crippen LogP contribution is -2.31. The molecule has 1 aromatic heterocycles. The number of anilines is 1. The fourth-order valence-corrected chi connectivity index (χ4v) is 1.99. The first-order valence-electron chi connectivity index (χ1n) is 6.20. The molecule has 1 aliphatic rings. The molecule has 18 heavy (non-hydrogen) atoms. The largest absolute Gasteiger partial charge is 0.459 e. The highest BCUT2D eigenvalue weighted by Gasteiger charge is 2.15. The van der Waals surface area contributed by atoms with Gasteiger partial charge in [-0.25, -0.2) is 0 Å². The number of hydrogen-bond acceptors (Lipinski definition) is 5. The highest BCUT2D eigenvalue weighted by Crippen LogP contribution is 2.19. The van der Waals surface area contributed by atoms with Gasteiger partial charge in [-0.2, -0.15) is 15.0 Å². The van der Waals surface area contributed by atoms with E-state index < -0.39 is 0 Å². The lowest BCUT2D eigenvalue weighted by Gasteiger charge is -2.26. The number of rotatable bonds is 4. The van der Waals surface area contributed by atoms with Crippen molar-refractivity contribution in [3.63, 3.8) is 0 Å². The predicted octanol–water partition coefficient (Wildman–Crippen LogP) is 2.47. The van der Waals surface area contributed by atoms with Crippen molar-refractivity contribution in [3.8, 4) is 6.01 Å². The minimum absolute atomic E-state index is 0.182. The van der Waals surface area contributed by atoms with Crippen molar-refractivity contribution in [1.29, 1.82) is 0 Å². The van der Waals surface area contributed by atoms with Gasteiger partial charge in [0.25, 0.3) is 0 Å². The van der Waals surface area contributed by atoms with Crippen molar-refractivity contribution >= 4 is 17.5 Å². The molecule has 2 rings (SSSR count). The van der Waals surface area contributed by atoms with Crippen molar-refractivity contribution in [2.24, 2.45) is 0 Å². The quantitative estimate of drug-likeness (QED) is 0.785. The third-order valence-corrected chi connectivity index (χ3v) is 2.93. The first kappa shape index (κ1) is 13.1. The Morgan fingerprint density at radius 1 is 1.22 bits per heavy atom. The van der Waals surface area contributed by atoms with Crippen LogP contribution in [-0.4, -0.2) is 34.6 Å². The molecule has 6 heteroatoms. The zero-order valence-electron chi connectivity index (χ0n) is 10.5. The second-order valence-electron chi connectivity index (χ2n) is 4.11. The molecular formula is C12H17ClN4O. The summed E-state index contributed by atoms with van der Waals surface area (Å²) in [4.78, 5) is 14.5. The molecule has 0 bridgehead atoms. The smallest absolute Gasteiger partial charge is 0.322 e. The topological polar surface area (TPSA) is 51.1 Å². The highest BCUT2D eigenvalue weighted by molar-refractivity contribution is 6.28. The normalized spacial score (nSPS) is 16.2. The maximum absolute atomic E-state index is 5.90. The van der Waals surface area contributed by atoms with Gasteiger partial charge in [-0.1, -0.05) is 12.2 Å². The zero-order valence-corrected chi connectivity index (χ0v) is 11.2. The van der Waals surface area contributed by atoms with Crippen LogP contribution in [0, 0.1) is 0 Å². The SMILES string of the molecule is CC=CCOc1nc(Cl)nc(N2CCCCC2)n1. The molecular weight excluding hydrogens is 252 g/mol. The van der Waals surface area contributed by atoms with Crippen LogP contribution in [0.4, 0.5) is 5.95 Å². The maximum atomic E-state index is 5.90. The lowest BCUT2D eigenvalue weighted by molar-refractivity contribution is 0.331. The average molecular weight is 269 g/mol. The van der Waals surface area contributed by atoms with E-state index in [1.54, 1.807) is 0 Å². The molecule has 5 nitrogen and oxygen atoms in total. The van der Waals surface area contributed by atoms with Gasteiger partial charge in [-0.15, -0.1) is 0 Å². The van der Waals surface area contributed by atoms with Gasteiger partial charge in [0.05, 0.1) is 0 Å². The predicted molar refractivity (Wildman–Crippen MR) is 71.2 cm³/mol. The Bertz CT molecular complexity index is 419. The number of halogens is 1. The van der Waals surface area contributed by atoms with E-state index in [1.807, 2.05) is 19.1 Å². The highest BCUT2D eigenvalue weighted by atomic mass is 35.5. The summed E-state index contributed by atoms with van der Waals surface area (Å²) >= 11 is 5.90. The molecule has 0 saturated carbocycles. The third-order valence-electron chi connectivity index (χ3n) is 2.76. The van der Waals surface area contributed by atoms with Gasteiger partial charge >= 0.3 is 6.01 Å². The van der Waals surface area contributed by atoms with E-state index in [0.717, 1.165) is 25.9 Å². The molecule has 0 spiro atoms. The van der Waals surface area contributed by atoms with Gasteiger partial charge in [-0.3, -0.25) is 0 Å². The van der Waals surface area contributed by atoms with Crippen molar-refractivity contribution in [3.05, 3.63) is 17.4 Å². The summed E-state index contributed by atoms with van der Waals surface area (Å²) in [6.07, 6.45) is 7.39. The van der Waals surface area contributed by atoms with E-state index in [4.69, 9.17) is 16.3 Å².